The Labute approximate surface area is 160 Å². The summed E-state index contributed by atoms with van der Waals surface area (Å²) in [6.07, 6.45) is 0.235. The van der Waals surface area contributed by atoms with E-state index in [2.05, 4.69) is 5.10 Å². The van der Waals surface area contributed by atoms with Gasteiger partial charge in [0, 0.05) is 19.2 Å². The Bertz CT molecular complexity index is 886. The van der Waals surface area contributed by atoms with Crippen LogP contribution in [0.5, 0.6) is 5.75 Å². The van der Waals surface area contributed by atoms with Crippen molar-refractivity contribution in [3.63, 3.8) is 0 Å². The highest BCUT2D eigenvalue weighted by Gasteiger charge is 2.49. The van der Waals surface area contributed by atoms with Gasteiger partial charge in [0.15, 0.2) is 0 Å². The number of carbonyl (C=O) groups excluding carboxylic acids is 1. The molecule has 150 valence electrons. The van der Waals surface area contributed by atoms with E-state index in [1.165, 1.54) is 27.8 Å². The fourth-order valence-electron chi connectivity index (χ4n) is 3.83. The molecular formula is C19H21F3N4O2. The summed E-state index contributed by atoms with van der Waals surface area (Å²) in [7, 11) is 1.65. The number of likely N-dealkylation sites (tertiary alicyclic amines) is 1. The van der Waals surface area contributed by atoms with Gasteiger partial charge in [-0.15, -0.1) is 0 Å². The second-order valence-corrected chi connectivity index (χ2v) is 7.29. The molecule has 6 nitrogen and oxygen atoms in total. The number of alkyl halides is 2. The highest BCUT2D eigenvalue weighted by Crippen LogP contribution is 2.32. The van der Waals surface area contributed by atoms with Gasteiger partial charge in [-0.1, -0.05) is 6.07 Å². The predicted molar refractivity (Wildman–Crippen MR) is 94.8 cm³/mol. The molecule has 2 aliphatic heterocycles. The van der Waals surface area contributed by atoms with Crippen LogP contribution >= 0.6 is 0 Å². The monoisotopic (exact) mass is 394 g/mol. The maximum Gasteiger partial charge on any atom is 0.280 e. The van der Waals surface area contributed by atoms with E-state index in [0.717, 1.165) is 0 Å². The molecule has 0 radical (unpaired) electrons. The van der Waals surface area contributed by atoms with Gasteiger partial charge in [-0.3, -0.25) is 9.48 Å². The lowest BCUT2D eigenvalue weighted by atomic mass is 9.98. The van der Waals surface area contributed by atoms with E-state index >= 15 is 0 Å². The van der Waals surface area contributed by atoms with Crippen molar-refractivity contribution >= 4 is 5.91 Å². The third kappa shape index (κ3) is 3.58. The van der Waals surface area contributed by atoms with Crippen LogP contribution in [-0.2, 0) is 13.2 Å². The molecular weight excluding hydrogens is 373 g/mol. The van der Waals surface area contributed by atoms with Crippen molar-refractivity contribution < 1.29 is 22.7 Å². The van der Waals surface area contributed by atoms with E-state index < -0.39 is 23.7 Å². The number of piperidine rings is 1. The van der Waals surface area contributed by atoms with Crippen LogP contribution in [0.15, 0.2) is 30.3 Å². The summed E-state index contributed by atoms with van der Waals surface area (Å²) >= 11 is 0. The van der Waals surface area contributed by atoms with Gasteiger partial charge in [-0.25, -0.2) is 13.2 Å². The highest BCUT2D eigenvalue weighted by atomic mass is 19.3. The van der Waals surface area contributed by atoms with Crippen molar-refractivity contribution in [3.8, 4) is 5.75 Å². The number of nitrogens with zero attached hydrogens (tertiary/aromatic N) is 4. The van der Waals surface area contributed by atoms with Crippen molar-refractivity contribution in [1.29, 1.82) is 0 Å². The number of hydrogen-bond donors (Lipinski definition) is 0. The topological polar surface area (TPSA) is 50.6 Å². The molecule has 0 aliphatic carbocycles. The first kappa shape index (κ1) is 18.8. The third-order valence-electron chi connectivity index (χ3n) is 5.17. The number of rotatable bonds is 4. The molecule has 2 aliphatic rings. The number of hydrogen-bond acceptors (Lipinski definition) is 4. The average molecular weight is 394 g/mol. The Morgan fingerprint density at radius 1 is 1.25 bits per heavy atom. The predicted octanol–water partition coefficient (Wildman–Crippen LogP) is 2.40. The quantitative estimate of drug-likeness (QED) is 0.799. The molecule has 0 spiro atoms. The number of aromatic nitrogens is 2. The molecule has 2 aromatic rings. The zero-order valence-corrected chi connectivity index (χ0v) is 15.4. The van der Waals surface area contributed by atoms with Crippen molar-refractivity contribution in [2.75, 3.05) is 26.7 Å². The van der Waals surface area contributed by atoms with Gasteiger partial charge in [0.25, 0.3) is 11.8 Å². The van der Waals surface area contributed by atoms with Gasteiger partial charge in [0.05, 0.1) is 19.1 Å². The average Bonchev–Trinajstić information content (AvgIpc) is 3.05. The lowest BCUT2D eigenvalue weighted by molar-refractivity contribution is -0.115. The van der Waals surface area contributed by atoms with Gasteiger partial charge < -0.3 is 14.5 Å². The molecule has 1 saturated heterocycles. The van der Waals surface area contributed by atoms with Gasteiger partial charge in [-0.2, -0.15) is 5.10 Å². The summed E-state index contributed by atoms with van der Waals surface area (Å²) in [5.74, 6) is -3.45. The molecule has 1 fully saturated rings. The molecule has 3 heterocycles. The number of ether oxygens (including phenoxy) is 1. The molecule has 1 aromatic carbocycles. The van der Waals surface area contributed by atoms with Gasteiger partial charge in [0.1, 0.15) is 29.6 Å². The fourth-order valence-corrected chi connectivity index (χ4v) is 3.83. The first-order valence-corrected chi connectivity index (χ1v) is 9.16. The fraction of sp³-hybridized carbons (Fsp3) is 0.474. The van der Waals surface area contributed by atoms with E-state index in [0.29, 0.717) is 24.5 Å². The number of fused-ring (bicyclic) bond motifs is 1. The van der Waals surface area contributed by atoms with E-state index in [1.54, 1.807) is 24.1 Å². The minimum atomic E-state index is -2.95. The summed E-state index contributed by atoms with van der Waals surface area (Å²) in [5, 5.41) is 4.32. The van der Waals surface area contributed by atoms with Gasteiger partial charge in [0.2, 0.25) is 0 Å². The van der Waals surface area contributed by atoms with Crippen LogP contribution in [0.2, 0.25) is 0 Å². The SMILES string of the molecule is CN1CCC(N2CCn3nc(COc4cccc(F)c4)cc3C2=O)C(F)(F)C1. The van der Waals surface area contributed by atoms with Crippen LogP contribution in [-0.4, -0.2) is 64.1 Å². The van der Waals surface area contributed by atoms with Crippen molar-refractivity contribution in [3.05, 3.63) is 47.5 Å². The maximum absolute atomic E-state index is 14.5. The molecule has 1 unspecified atom stereocenters. The Hall–Kier alpha value is -2.55. The number of amides is 1. The Balaban J connectivity index is 1.48. The molecule has 0 bridgehead atoms. The number of benzene rings is 1. The van der Waals surface area contributed by atoms with Crippen LogP contribution in [0.4, 0.5) is 13.2 Å². The molecule has 1 atom stereocenters. The van der Waals surface area contributed by atoms with E-state index in [-0.39, 0.29) is 31.8 Å². The summed E-state index contributed by atoms with van der Waals surface area (Å²) in [6.45, 7) is 0.774. The molecule has 0 N–H and O–H groups in total. The molecule has 28 heavy (non-hydrogen) atoms. The zero-order chi connectivity index (χ0) is 19.9. The largest absolute Gasteiger partial charge is 0.487 e. The van der Waals surface area contributed by atoms with Gasteiger partial charge in [-0.05, 0) is 31.7 Å². The van der Waals surface area contributed by atoms with Crippen molar-refractivity contribution in [1.82, 2.24) is 19.6 Å². The maximum atomic E-state index is 14.5. The summed E-state index contributed by atoms with van der Waals surface area (Å²) < 4.78 is 49.2. The normalized spacial score (nSPS) is 22.2. The minimum Gasteiger partial charge on any atom is -0.487 e. The van der Waals surface area contributed by atoms with E-state index in [1.807, 2.05) is 0 Å². The molecule has 4 rings (SSSR count). The Morgan fingerprint density at radius 3 is 2.82 bits per heavy atom. The lowest BCUT2D eigenvalue weighted by Gasteiger charge is -2.43. The molecule has 9 heteroatoms. The van der Waals surface area contributed by atoms with E-state index in [4.69, 9.17) is 4.74 Å². The van der Waals surface area contributed by atoms with Crippen LogP contribution in [0.25, 0.3) is 0 Å². The number of carbonyl (C=O) groups is 1. The highest BCUT2D eigenvalue weighted by molar-refractivity contribution is 5.93. The van der Waals surface area contributed by atoms with Crippen molar-refractivity contribution in [2.24, 2.45) is 0 Å². The van der Waals surface area contributed by atoms with E-state index in [9.17, 15) is 18.0 Å². The standard InChI is InChI=1S/C19H21F3N4O2/c1-24-6-5-17(19(21,22)12-24)25-7-8-26-16(18(25)27)10-14(23-26)11-28-15-4-2-3-13(20)9-15/h2-4,9-10,17H,5-8,11-12H2,1H3. The second kappa shape index (κ2) is 7.12. The van der Waals surface area contributed by atoms with Crippen LogP contribution in [0.3, 0.4) is 0 Å². The lowest BCUT2D eigenvalue weighted by Crippen LogP contribution is -2.60. The van der Waals surface area contributed by atoms with Crippen LogP contribution in [0.1, 0.15) is 22.6 Å². The van der Waals surface area contributed by atoms with Crippen LogP contribution < -0.4 is 4.74 Å². The van der Waals surface area contributed by atoms with Crippen LogP contribution in [0, 0.1) is 5.82 Å². The summed E-state index contributed by atoms with van der Waals surface area (Å²) in [5.41, 5.74) is 0.767. The summed E-state index contributed by atoms with van der Waals surface area (Å²) in [6, 6.07) is 6.17. The van der Waals surface area contributed by atoms with Gasteiger partial charge >= 0.3 is 0 Å². The number of halogens is 3. The zero-order valence-electron chi connectivity index (χ0n) is 15.4. The molecule has 1 aromatic heterocycles. The molecule has 1 amide bonds. The Kier molecular flexibility index (Phi) is 4.78. The second-order valence-electron chi connectivity index (χ2n) is 7.29. The first-order chi connectivity index (χ1) is 13.3. The van der Waals surface area contributed by atoms with Crippen molar-refractivity contribution in [2.45, 2.75) is 31.5 Å². The third-order valence-corrected chi connectivity index (χ3v) is 5.17. The first-order valence-electron chi connectivity index (χ1n) is 9.16. The molecule has 0 saturated carbocycles. The Morgan fingerprint density at radius 2 is 2.07 bits per heavy atom. The summed E-state index contributed by atoms with van der Waals surface area (Å²) in [4.78, 5) is 15.7. The smallest absolute Gasteiger partial charge is 0.280 e. The minimum absolute atomic E-state index is 0.0567.